The molecule has 2 saturated heterocycles. The Labute approximate surface area is 132 Å². The highest BCUT2D eigenvalue weighted by molar-refractivity contribution is 5.96. The van der Waals surface area contributed by atoms with Crippen molar-refractivity contribution in [3.8, 4) is 0 Å². The number of nitrogens with one attached hydrogen (secondary N) is 1. The Balaban J connectivity index is 1.67. The van der Waals surface area contributed by atoms with Gasteiger partial charge in [0.2, 0.25) is 5.91 Å². The van der Waals surface area contributed by atoms with Crippen molar-refractivity contribution in [3.63, 3.8) is 0 Å². The molecular weight excluding hydrogens is 300 g/mol. The molecule has 23 heavy (non-hydrogen) atoms. The first-order valence-electron chi connectivity index (χ1n) is 7.16. The van der Waals surface area contributed by atoms with Crippen molar-refractivity contribution < 1.29 is 23.9 Å². The smallest absolute Gasteiger partial charge is 0.411 e. The van der Waals surface area contributed by atoms with Crippen LogP contribution in [0, 0.1) is 0 Å². The van der Waals surface area contributed by atoms with E-state index in [1.54, 1.807) is 0 Å². The van der Waals surface area contributed by atoms with Crippen LogP contribution in [0.4, 0.5) is 4.79 Å². The molecule has 1 aromatic carbocycles. The van der Waals surface area contributed by atoms with Gasteiger partial charge in [-0.05, 0) is 11.1 Å². The van der Waals surface area contributed by atoms with Gasteiger partial charge in [-0.25, -0.2) is 9.59 Å². The predicted molar refractivity (Wildman–Crippen MR) is 79.2 cm³/mol. The number of ether oxygens (including phenoxy) is 2. The minimum atomic E-state index is -0.617. The van der Waals surface area contributed by atoms with E-state index in [2.05, 4.69) is 10.1 Å². The van der Waals surface area contributed by atoms with Crippen LogP contribution in [-0.4, -0.2) is 48.6 Å². The molecule has 1 aromatic rings. The molecule has 0 radical (unpaired) electrons. The zero-order valence-electron chi connectivity index (χ0n) is 12.5. The van der Waals surface area contributed by atoms with Gasteiger partial charge in [-0.2, -0.15) is 0 Å². The third-order valence-electron chi connectivity index (χ3n) is 3.91. The highest BCUT2D eigenvalue weighted by atomic mass is 16.6. The molecule has 3 rings (SSSR count). The predicted octanol–water partition coefficient (Wildman–Crippen LogP) is 0.605. The lowest BCUT2D eigenvalue weighted by atomic mass is 9.96. The summed E-state index contributed by atoms with van der Waals surface area (Å²) in [5.41, 5.74) is 1.50. The fourth-order valence-electron chi connectivity index (χ4n) is 2.71. The minimum absolute atomic E-state index is 0.130. The molecule has 2 heterocycles. The van der Waals surface area contributed by atoms with Crippen LogP contribution in [0.15, 0.2) is 42.0 Å². The number of β-lactam (4-membered cyclic amide) rings is 1. The van der Waals surface area contributed by atoms with E-state index in [0.717, 1.165) is 5.56 Å². The number of esters is 1. The Morgan fingerprint density at radius 1 is 1.35 bits per heavy atom. The second-order valence-electron chi connectivity index (χ2n) is 5.34. The lowest BCUT2D eigenvalue weighted by Gasteiger charge is -2.34. The topological polar surface area (TPSA) is 84.9 Å². The zero-order valence-corrected chi connectivity index (χ0v) is 12.5. The largest absolute Gasteiger partial charge is 0.466 e. The fraction of sp³-hybridized carbons (Fsp3) is 0.312. The number of amides is 2. The third kappa shape index (κ3) is 2.90. The lowest BCUT2D eigenvalue weighted by Crippen LogP contribution is -2.65. The molecule has 1 N–H and O–H groups in total. The van der Waals surface area contributed by atoms with Crippen LogP contribution < -0.4 is 5.32 Å². The van der Waals surface area contributed by atoms with Crippen molar-refractivity contribution in [1.29, 1.82) is 0 Å². The number of carbonyl (C=O) groups excluding carboxylic acids is 3. The van der Waals surface area contributed by atoms with E-state index in [-0.39, 0.29) is 25.1 Å². The van der Waals surface area contributed by atoms with Crippen LogP contribution in [-0.2, 0) is 25.7 Å². The van der Waals surface area contributed by atoms with E-state index in [9.17, 15) is 14.4 Å². The van der Waals surface area contributed by atoms with E-state index in [0.29, 0.717) is 5.57 Å². The van der Waals surface area contributed by atoms with Crippen LogP contribution in [0.5, 0.6) is 0 Å². The maximum atomic E-state index is 12.2. The van der Waals surface area contributed by atoms with Crippen molar-refractivity contribution in [2.75, 3.05) is 13.7 Å². The molecule has 2 fully saturated rings. The zero-order chi connectivity index (χ0) is 16.4. The average molecular weight is 316 g/mol. The Morgan fingerprint density at radius 3 is 2.74 bits per heavy atom. The molecule has 7 nitrogen and oxygen atoms in total. The quantitative estimate of drug-likeness (QED) is 0.501. The number of likely N-dealkylation sites (tertiary alicyclic amines) is 1. The SMILES string of the molecule is COC(=O)/C=C1\CN(C(=O)OCc2ccccc2)[C@@H]2C(=O)N[C@H]12. The van der Waals surface area contributed by atoms with Crippen molar-refractivity contribution in [2.45, 2.75) is 18.7 Å². The minimum Gasteiger partial charge on any atom is -0.466 e. The first-order chi connectivity index (χ1) is 11.1. The molecule has 0 bridgehead atoms. The summed E-state index contributed by atoms with van der Waals surface area (Å²) in [5.74, 6) is -0.765. The number of benzene rings is 1. The summed E-state index contributed by atoms with van der Waals surface area (Å²) in [6, 6.07) is 8.31. The maximum absolute atomic E-state index is 12.2. The number of fused-ring (bicyclic) bond motifs is 1. The molecule has 0 unspecified atom stereocenters. The Hall–Kier alpha value is -2.83. The summed E-state index contributed by atoms with van der Waals surface area (Å²) >= 11 is 0. The van der Waals surface area contributed by atoms with Gasteiger partial charge >= 0.3 is 12.1 Å². The van der Waals surface area contributed by atoms with Gasteiger partial charge in [0, 0.05) is 12.6 Å². The highest BCUT2D eigenvalue weighted by Crippen LogP contribution is 2.30. The van der Waals surface area contributed by atoms with Gasteiger partial charge in [0.05, 0.1) is 13.2 Å². The molecule has 0 saturated carbocycles. The molecule has 0 aromatic heterocycles. The summed E-state index contributed by atoms with van der Waals surface area (Å²) in [5, 5.41) is 2.68. The van der Waals surface area contributed by atoms with Gasteiger partial charge in [-0.1, -0.05) is 30.3 Å². The normalized spacial score (nSPS) is 23.8. The Bertz CT molecular complexity index is 670. The molecule has 0 aliphatic carbocycles. The standard InChI is InChI=1S/C16H16N2O5/c1-22-12(19)7-11-8-18(14-13(11)17-15(14)20)16(21)23-9-10-5-3-2-4-6-10/h2-7,13-14H,8-9H2,1H3,(H,17,20)/b11-7+/t13-,14+/m1/s1. The Kier molecular flexibility index (Phi) is 4.01. The van der Waals surface area contributed by atoms with Gasteiger partial charge < -0.3 is 14.8 Å². The molecule has 2 atom stereocenters. The van der Waals surface area contributed by atoms with Gasteiger partial charge in [0.1, 0.15) is 12.6 Å². The van der Waals surface area contributed by atoms with Crippen LogP contribution in [0.3, 0.4) is 0 Å². The number of rotatable bonds is 3. The van der Waals surface area contributed by atoms with E-state index >= 15 is 0 Å². The van der Waals surface area contributed by atoms with Gasteiger partial charge in [-0.15, -0.1) is 0 Å². The summed E-state index contributed by atoms with van der Waals surface area (Å²) < 4.78 is 9.84. The molecule has 2 aliphatic rings. The number of hydrogen-bond donors (Lipinski definition) is 1. The van der Waals surface area contributed by atoms with Crippen molar-refractivity contribution in [2.24, 2.45) is 0 Å². The van der Waals surface area contributed by atoms with Gasteiger partial charge in [-0.3, -0.25) is 9.69 Å². The van der Waals surface area contributed by atoms with Crippen LogP contribution in [0.1, 0.15) is 5.56 Å². The summed E-state index contributed by atoms with van der Waals surface area (Å²) in [6.07, 6.45) is 0.730. The number of hydrogen-bond acceptors (Lipinski definition) is 5. The molecule has 2 amide bonds. The van der Waals surface area contributed by atoms with Crippen LogP contribution in [0.2, 0.25) is 0 Å². The molecular formula is C16H16N2O5. The molecule has 0 spiro atoms. The number of methoxy groups -OCH3 is 1. The molecule has 2 aliphatic heterocycles. The summed E-state index contributed by atoms with van der Waals surface area (Å²) in [6.45, 7) is 0.294. The lowest BCUT2D eigenvalue weighted by molar-refractivity contribution is -0.135. The summed E-state index contributed by atoms with van der Waals surface area (Å²) in [7, 11) is 1.27. The Morgan fingerprint density at radius 2 is 2.09 bits per heavy atom. The van der Waals surface area contributed by atoms with Gasteiger partial charge in [0.25, 0.3) is 0 Å². The average Bonchev–Trinajstić information content (AvgIpc) is 2.85. The van der Waals surface area contributed by atoms with Crippen LogP contribution in [0.25, 0.3) is 0 Å². The maximum Gasteiger partial charge on any atom is 0.411 e. The van der Waals surface area contributed by atoms with Crippen molar-refractivity contribution in [1.82, 2.24) is 10.2 Å². The van der Waals surface area contributed by atoms with E-state index in [4.69, 9.17) is 4.74 Å². The molecule has 120 valence electrons. The summed E-state index contributed by atoms with van der Waals surface area (Å²) in [4.78, 5) is 36.6. The van der Waals surface area contributed by atoms with E-state index < -0.39 is 18.1 Å². The van der Waals surface area contributed by atoms with E-state index in [1.165, 1.54) is 18.1 Å². The third-order valence-corrected chi connectivity index (χ3v) is 3.91. The van der Waals surface area contributed by atoms with Crippen molar-refractivity contribution >= 4 is 18.0 Å². The van der Waals surface area contributed by atoms with Crippen molar-refractivity contribution in [3.05, 3.63) is 47.5 Å². The van der Waals surface area contributed by atoms with Crippen LogP contribution >= 0.6 is 0 Å². The first kappa shape index (κ1) is 15.1. The molecule has 7 heteroatoms. The van der Waals surface area contributed by atoms with E-state index in [1.807, 2.05) is 30.3 Å². The number of carbonyl (C=O) groups is 3. The highest BCUT2D eigenvalue weighted by Gasteiger charge is 2.53. The second kappa shape index (κ2) is 6.12. The second-order valence-corrected chi connectivity index (χ2v) is 5.34. The van der Waals surface area contributed by atoms with Gasteiger partial charge in [0.15, 0.2) is 0 Å². The first-order valence-corrected chi connectivity index (χ1v) is 7.16. The number of nitrogens with zero attached hydrogens (tertiary/aromatic N) is 1. The fourth-order valence-corrected chi connectivity index (χ4v) is 2.71. The monoisotopic (exact) mass is 316 g/mol.